The van der Waals surface area contributed by atoms with Crippen LogP contribution in [-0.4, -0.2) is 37.3 Å². The molecule has 1 N–H and O–H groups in total. The van der Waals surface area contributed by atoms with Crippen molar-refractivity contribution in [3.8, 4) is 0 Å². The first-order valence-electron chi connectivity index (χ1n) is 4.03. The van der Waals surface area contributed by atoms with Gasteiger partial charge in [0.05, 0.1) is 17.6 Å². The van der Waals surface area contributed by atoms with Crippen LogP contribution in [0.25, 0.3) is 0 Å². The Bertz CT molecular complexity index is 237. The van der Waals surface area contributed by atoms with Gasteiger partial charge in [-0.2, -0.15) is 0 Å². The van der Waals surface area contributed by atoms with Crippen LogP contribution in [0.5, 0.6) is 0 Å². The Morgan fingerprint density at radius 3 is 2.67 bits per heavy atom. The second-order valence-corrected chi connectivity index (χ2v) is 5.55. The fourth-order valence-corrected chi connectivity index (χ4v) is 3.41. The first-order valence-corrected chi connectivity index (χ1v) is 5.74. The van der Waals surface area contributed by atoms with E-state index in [9.17, 15) is 12.8 Å². The summed E-state index contributed by atoms with van der Waals surface area (Å²) in [4.78, 5) is 0. The van der Waals surface area contributed by atoms with Gasteiger partial charge in [-0.05, 0) is 19.3 Å². The van der Waals surface area contributed by atoms with E-state index < -0.39 is 27.9 Å². The minimum Gasteiger partial charge on any atom is -0.393 e. The summed E-state index contributed by atoms with van der Waals surface area (Å²) in [5, 5.41) is 7.84. The van der Waals surface area contributed by atoms with Crippen LogP contribution in [0.15, 0.2) is 0 Å². The molecule has 0 saturated carbocycles. The van der Waals surface area contributed by atoms with Crippen molar-refractivity contribution < 1.29 is 17.9 Å². The van der Waals surface area contributed by atoms with Crippen LogP contribution in [0.3, 0.4) is 0 Å². The highest BCUT2D eigenvalue weighted by Crippen LogP contribution is 2.24. The summed E-state index contributed by atoms with van der Waals surface area (Å²) in [6.07, 6.45) is -0.255. The number of sulfone groups is 1. The largest absolute Gasteiger partial charge is 0.393 e. The average molecular weight is 196 g/mol. The maximum Gasteiger partial charge on any atom is 0.153 e. The molecule has 0 aromatic heterocycles. The van der Waals surface area contributed by atoms with Gasteiger partial charge < -0.3 is 5.11 Å². The third kappa shape index (κ3) is 2.17. The number of hydrogen-bond acceptors (Lipinski definition) is 3. The van der Waals surface area contributed by atoms with Crippen molar-refractivity contribution in [2.24, 2.45) is 0 Å². The molecule has 3 nitrogen and oxygen atoms in total. The van der Waals surface area contributed by atoms with Gasteiger partial charge in [0, 0.05) is 0 Å². The quantitative estimate of drug-likeness (QED) is 0.705. The van der Waals surface area contributed by atoms with Gasteiger partial charge in [0.1, 0.15) is 6.17 Å². The zero-order valence-corrected chi connectivity index (χ0v) is 7.56. The second kappa shape index (κ2) is 3.70. The van der Waals surface area contributed by atoms with E-state index in [-0.39, 0.29) is 12.2 Å². The smallest absolute Gasteiger partial charge is 0.153 e. The molecular weight excluding hydrogens is 183 g/mol. The minimum absolute atomic E-state index is 0.0428. The van der Waals surface area contributed by atoms with Crippen LogP contribution >= 0.6 is 0 Å². The lowest BCUT2D eigenvalue weighted by Crippen LogP contribution is -2.22. The molecule has 2 unspecified atom stereocenters. The fourth-order valence-electron chi connectivity index (χ4n) is 1.48. The first kappa shape index (κ1) is 9.92. The molecule has 0 radical (unpaired) electrons. The topological polar surface area (TPSA) is 54.4 Å². The molecule has 1 fully saturated rings. The Morgan fingerprint density at radius 2 is 2.25 bits per heavy atom. The van der Waals surface area contributed by atoms with Crippen molar-refractivity contribution in [1.82, 2.24) is 0 Å². The van der Waals surface area contributed by atoms with Gasteiger partial charge in [-0.1, -0.05) is 0 Å². The fraction of sp³-hybridized carbons (Fsp3) is 1.00. The van der Waals surface area contributed by atoms with Gasteiger partial charge in [-0.25, -0.2) is 12.8 Å². The van der Waals surface area contributed by atoms with Crippen molar-refractivity contribution in [3.05, 3.63) is 0 Å². The number of hydrogen-bond donors (Lipinski definition) is 1. The van der Waals surface area contributed by atoms with Gasteiger partial charge in [0.25, 0.3) is 0 Å². The zero-order chi connectivity index (χ0) is 9.19. The van der Waals surface area contributed by atoms with E-state index in [0.717, 1.165) is 0 Å². The molecule has 0 aromatic rings. The Labute approximate surface area is 71.5 Å². The summed E-state index contributed by atoms with van der Waals surface area (Å²) in [7, 11) is -3.04. The highest BCUT2D eigenvalue weighted by atomic mass is 32.2. The zero-order valence-electron chi connectivity index (χ0n) is 6.74. The summed E-state index contributed by atoms with van der Waals surface area (Å²) < 4.78 is 34.9. The van der Waals surface area contributed by atoms with Crippen molar-refractivity contribution >= 4 is 9.84 Å². The van der Waals surface area contributed by atoms with Gasteiger partial charge in [-0.15, -0.1) is 0 Å². The van der Waals surface area contributed by atoms with Crippen molar-refractivity contribution in [1.29, 1.82) is 0 Å². The Hall–Kier alpha value is -0.160. The maximum atomic E-state index is 12.6. The SMILES string of the molecule is O=S1(=O)CCCC1CC(F)CO. The lowest BCUT2D eigenvalue weighted by Gasteiger charge is -2.10. The van der Waals surface area contributed by atoms with E-state index in [1.807, 2.05) is 0 Å². The van der Waals surface area contributed by atoms with Crippen LogP contribution in [0, 0.1) is 0 Å². The molecule has 72 valence electrons. The molecule has 1 saturated heterocycles. The van der Waals surface area contributed by atoms with Gasteiger partial charge in [0.15, 0.2) is 9.84 Å². The summed E-state index contributed by atoms with van der Waals surface area (Å²) in [5.74, 6) is 0.176. The normalized spacial score (nSPS) is 30.3. The van der Waals surface area contributed by atoms with Crippen LogP contribution < -0.4 is 0 Å². The number of aliphatic hydroxyl groups excluding tert-OH is 1. The standard InChI is InChI=1S/C7H13FO3S/c8-6(5-9)4-7-2-1-3-12(7,10)11/h6-7,9H,1-5H2. The highest BCUT2D eigenvalue weighted by Gasteiger charge is 2.32. The van der Waals surface area contributed by atoms with Crippen LogP contribution in [0.2, 0.25) is 0 Å². The van der Waals surface area contributed by atoms with Crippen molar-refractivity contribution in [3.63, 3.8) is 0 Å². The molecule has 0 spiro atoms. The van der Waals surface area contributed by atoms with E-state index in [1.165, 1.54) is 0 Å². The molecular formula is C7H13FO3S. The number of rotatable bonds is 3. The first-order chi connectivity index (χ1) is 5.56. The predicted molar refractivity (Wildman–Crippen MR) is 43.4 cm³/mol. The lowest BCUT2D eigenvalue weighted by molar-refractivity contribution is 0.168. The Morgan fingerprint density at radius 1 is 1.58 bits per heavy atom. The lowest BCUT2D eigenvalue weighted by atomic mass is 10.1. The molecule has 1 rings (SSSR count). The molecule has 12 heavy (non-hydrogen) atoms. The maximum absolute atomic E-state index is 12.6. The van der Waals surface area contributed by atoms with Crippen LogP contribution in [0.4, 0.5) is 4.39 Å². The average Bonchev–Trinajstić information content (AvgIpc) is 2.31. The van der Waals surface area contributed by atoms with Crippen LogP contribution in [0.1, 0.15) is 19.3 Å². The summed E-state index contributed by atoms with van der Waals surface area (Å²) >= 11 is 0. The summed E-state index contributed by atoms with van der Waals surface area (Å²) in [6.45, 7) is -0.577. The Kier molecular flexibility index (Phi) is 3.06. The molecule has 0 aliphatic carbocycles. The number of alkyl halides is 1. The van der Waals surface area contributed by atoms with E-state index in [2.05, 4.69) is 0 Å². The number of halogens is 1. The molecule has 2 atom stereocenters. The van der Waals surface area contributed by atoms with Crippen LogP contribution in [-0.2, 0) is 9.84 Å². The third-order valence-electron chi connectivity index (χ3n) is 2.18. The van der Waals surface area contributed by atoms with Gasteiger partial charge in [0.2, 0.25) is 0 Å². The summed E-state index contributed by atoms with van der Waals surface area (Å²) in [5.41, 5.74) is 0. The molecule has 0 amide bonds. The molecule has 1 heterocycles. The number of aliphatic hydroxyl groups is 1. The molecule has 0 aromatic carbocycles. The molecule has 0 bridgehead atoms. The minimum atomic E-state index is -3.04. The van der Waals surface area contributed by atoms with E-state index >= 15 is 0 Å². The van der Waals surface area contributed by atoms with Crippen molar-refractivity contribution in [2.75, 3.05) is 12.4 Å². The highest BCUT2D eigenvalue weighted by molar-refractivity contribution is 7.92. The Balaban J connectivity index is 2.53. The summed E-state index contributed by atoms with van der Waals surface area (Å²) in [6, 6.07) is 0. The second-order valence-electron chi connectivity index (χ2n) is 3.15. The van der Waals surface area contributed by atoms with E-state index in [1.54, 1.807) is 0 Å². The molecule has 1 aliphatic heterocycles. The van der Waals surface area contributed by atoms with Gasteiger partial charge >= 0.3 is 0 Å². The monoisotopic (exact) mass is 196 g/mol. The van der Waals surface area contributed by atoms with E-state index in [0.29, 0.717) is 12.8 Å². The third-order valence-corrected chi connectivity index (χ3v) is 4.48. The van der Waals surface area contributed by atoms with Crippen molar-refractivity contribution in [2.45, 2.75) is 30.7 Å². The molecule has 1 aliphatic rings. The predicted octanol–water partition coefficient (Wildman–Crippen LogP) is 0.284. The van der Waals surface area contributed by atoms with Gasteiger partial charge in [-0.3, -0.25) is 0 Å². The molecule has 5 heteroatoms. The van der Waals surface area contributed by atoms with E-state index in [4.69, 9.17) is 5.11 Å².